The van der Waals surface area contributed by atoms with E-state index in [0.29, 0.717) is 12.8 Å². The largest absolute Gasteiger partial charge is 0.508 e. The van der Waals surface area contributed by atoms with Crippen molar-refractivity contribution in [1.82, 2.24) is 5.32 Å². The normalized spacial score (nSPS) is 11.3. The van der Waals surface area contributed by atoms with Gasteiger partial charge in [-0.15, -0.1) is 12.3 Å². The van der Waals surface area contributed by atoms with Crippen LogP contribution in [0.25, 0.3) is 0 Å². The predicted octanol–water partition coefficient (Wildman–Crippen LogP) is 1.31. The van der Waals surface area contributed by atoms with Crippen LogP contribution in [-0.2, 0) is 16.0 Å². The number of aliphatic carboxylic acids is 1. The second-order valence-corrected chi connectivity index (χ2v) is 4.39. The first-order valence-electron chi connectivity index (χ1n) is 6.26. The number of amides is 1. The zero-order chi connectivity index (χ0) is 15.0. The molecule has 1 aromatic rings. The summed E-state index contributed by atoms with van der Waals surface area (Å²) < 4.78 is 0. The summed E-state index contributed by atoms with van der Waals surface area (Å²) in [6.45, 7) is 0. The molecule has 0 aliphatic heterocycles. The van der Waals surface area contributed by atoms with Gasteiger partial charge in [-0.25, -0.2) is 4.79 Å². The van der Waals surface area contributed by atoms with E-state index in [1.54, 1.807) is 12.1 Å². The van der Waals surface area contributed by atoms with Gasteiger partial charge in [-0.1, -0.05) is 12.1 Å². The number of hydrogen-bond donors (Lipinski definition) is 3. The number of phenolic OH excluding ortho intramolecular Hbond substituents is 1. The molecule has 106 valence electrons. The Bertz CT molecular complexity index is 502. The summed E-state index contributed by atoms with van der Waals surface area (Å²) >= 11 is 0. The van der Waals surface area contributed by atoms with Crippen molar-refractivity contribution in [3.05, 3.63) is 29.8 Å². The van der Waals surface area contributed by atoms with Crippen LogP contribution in [-0.4, -0.2) is 28.1 Å². The van der Waals surface area contributed by atoms with Gasteiger partial charge in [-0.3, -0.25) is 4.79 Å². The fraction of sp³-hybridized carbons (Fsp3) is 0.333. The highest BCUT2D eigenvalue weighted by atomic mass is 16.4. The number of carbonyl (C=O) groups excluding carboxylic acids is 1. The molecule has 0 aliphatic carbocycles. The molecule has 5 heteroatoms. The maximum absolute atomic E-state index is 11.6. The van der Waals surface area contributed by atoms with Gasteiger partial charge in [-0.05, 0) is 24.1 Å². The standard InChI is InChI=1S/C15H17NO4/c1-2-3-4-5-14(18)16-13(15(19)20)10-11-6-8-12(17)9-7-11/h1,6-9,13,17H,3-5,10H2,(H,16,18)(H,19,20)/t13-/m0/s1. The number of carbonyl (C=O) groups is 2. The highest BCUT2D eigenvalue weighted by molar-refractivity contribution is 5.83. The van der Waals surface area contributed by atoms with Crippen LogP contribution in [0.3, 0.4) is 0 Å². The van der Waals surface area contributed by atoms with E-state index in [0.717, 1.165) is 5.56 Å². The van der Waals surface area contributed by atoms with E-state index in [4.69, 9.17) is 16.6 Å². The number of rotatable bonds is 7. The minimum absolute atomic E-state index is 0.110. The molecule has 0 bridgehead atoms. The number of aromatic hydroxyl groups is 1. The predicted molar refractivity (Wildman–Crippen MR) is 74.1 cm³/mol. The maximum Gasteiger partial charge on any atom is 0.326 e. The molecular weight excluding hydrogens is 258 g/mol. The second-order valence-electron chi connectivity index (χ2n) is 4.39. The van der Waals surface area contributed by atoms with Crippen LogP contribution in [0, 0.1) is 12.3 Å². The molecule has 0 spiro atoms. The zero-order valence-electron chi connectivity index (χ0n) is 11.0. The van der Waals surface area contributed by atoms with E-state index < -0.39 is 12.0 Å². The van der Waals surface area contributed by atoms with Crippen molar-refractivity contribution in [2.24, 2.45) is 0 Å². The summed E-state index contributed by atoms with van der Waals surface area (Å²) in [6.07, 6.45) is 6.48. The molecule has 0 saturated heterocycles. The third kappa shape index (κ3) is 5.44. The van der Waals surface area contributed by atoms with Crippen LogP contribution < -0.4 is 5.32 Å². The monoisotopic (exact) mass is 275 g/mol. The van der Waals surface area contributed by atoms with Crippen molar-refractivity contribution in [3.8, 4) is 18.1 Å². The zero-order valence-corrected chi connectivity index (χ0v) is 11.0. The van der Waals surface area contributed by atoms with Crippen LogP contribution in [0.2, 0.25) is 0 Å². The Morgan fingerprint density at radius 2 is 1.95 bits per heavy atom. The van der Waals surface area contributed by atoms with Crippen molar-refractivity contribution in [2.75, 3.05) is 0 Å². The Morgan fingerprint density at radius 3 is 2.50 bits per heavy atom. The third-order valence-corrected chi connectivity index (χ3v) is 2.73. The third-order valence-electron chi connectivity index (χ3n) is 2.73. The smallest absolute Gasteiger partial charge is 0.326 e. The number of benzene rings is 1. The fourth-order valence-corrected chi connectivity index (χ4v) is 1.69. The van der Waals surface area contributed by atoms with Crippen molar-refractivity contribution in [3.63, 3.8) is 0 Å². The van der Waals surface area contributed by atoms with Crippen LogP contribution in [0.15, 0.2) is 24.3 Å². The maximum atomic E-state index is 11.6. The van der Waals surface area contributed by atoms with Crippen LogP contribution in [0.4, 0.5) is 0 Å². The number of carboxylic acid groups (broad SMARTS) is 1. The van der Waals surface area contributed by atoms with E-state index in [9.17, 15) is 9.59 Å². The molecule has 5 nitrogen and oxygen atoms in total. The lowest BCUT2D eigenvalue weighted by atomic mass is 10.1. The molecular formula is C15H17NO4. The number of unbranched alkanes of at least 4 members (excludes halogenated alkanes) is 1. The van der Waals surface area contributed by atoms with E-state index in [1.165, 1.54) is 12.1 Å². The Balaban J connectivity index is 2.56. The van der Waals surface area contributed by atoms with Crippen LogP contribution in [0.1, 0.15) is 24.8 Å². The number of carboxylic acids is 1. The topological polar surface area (TPSA) is 86.6 Å². The van der Waals surface area contributed by atoms with Crippen LogP contribution in [0.5, 0.6) is 5.75 Å². The molecule has 0 radical (unpaired) electrons. The first-order valence-corrected chi connectivity index (χ1v) is 6.26. The summed E-state index contributed by atoms with van der Waals surface area (Å²) in [5.74, 6) is 1.11. The lowest BCUT2D eigenvalue weighted by molar-refractivity contribution is -0.141. The molecule has 0 aliphatic rings. The van der Waals surface area contributed by atoms with Crippen molar-refractivity contribution in [2.45, 2.75) is 31.7 Å². The second kappa shape index (κ2) is 7.85. The molecule has 1 rings (SSSR count). The summed E-state index contributed by atoms with van der Waals surface area (Å²) in [5, 5.41) is 20.7. The van der Waals surface area contributed by atoms with E-state index in [-0.39, 0.29) is 24.5 Å². The number of phenols is 1. The summed E-state index contributed by atoms with van der Waals surface area (Å²) in [7, 11) is 0. The summed E-state index contributed by atoms with van der Waals surface area (Å²) in [6, 6.07) is 5.20. The Labute approximate surface area is 117 Å². The van der Waals surface area contributed by atoms with Gasteiger partial charge in [0.15, 0.2) is 0 Å². The van der Waals surface area contributed by atoms with Gasteiger partial charge in [-0.2, -0.15) is 0 Å². The average molecular weight is 275 g/mol. The van der Waals surface area contributed by atoms with Gasteiger partial charge in [0.25, 0.3) is 0 Å². The Hall–Kier alpha value is -2.48. The number of nitrogens with one attached hydrogen (secondary N) is 1. The van der Waals surface area contributed by atoms with E-state index in [2.05, 4.69) is 11.2 Å². The van der Waals surface area contributed by atoms with Crippen LogP contribution >= 0.6 is 0 Å². The fourth-order valence-electron chi connectivity index (χ4n) is 1.69. The first kappa shape index (κ1) is 15.6. The molecule has 0 aromatic heterocycles. The molecule has 1 aromatic carbocycles. The average Bonchev–Trinajstić information content (AvgIpc) is 2.40. The Kier molecular flexibility index (Phi) is 6.11. The number of hydrogen-bond acceptors (Lipinski definition) is 3. The summed E-state index contributed by atoms with van der Waals surface area (Å²) in [4.78, 5) is 22.7. The molecule has 3 N–H and O–H groups in total. The van der Waals surface area contributed by atoms with Crippen molar-refractivity contribution < 1.29 is 19.8 Å². The summed E-state index contributed by atoms with van der Waals surface area (Å²) in [5.41, 5.74) is 0.721. The molecule has 1 amide bonds. The molecule has 0 unspecified atom stereocenters. The molecule has 0 heterocycles. The molecule has 0 fully saturated rings. The van der Waals surface area contributed by atoms with E-state index >= 15 is 0 Å². The molecule has 1 atom stereocenters. The minimum Gasteiger partial charge on any atom is -0.508 e. The van der Waals surface area contributed by atoms with Crippen molar-refractivity contribution in [1.29, 1.82) is 0 Å². The highest BCUT2D eigenvalue weighted by Crippen LogP contribution is 2.11. The first-order chi connectivity index (χ1) is 9.52. The highest BCUT2D eigenvalue weighted by Gasteiger charge is 2.20. The molecule has 20 heavy (non-hydrogen) atoms. The quantitative estimate of drug-likeness (QED) is 0.517. The van der Waals surface area contributed by atoms with Gasteiger partial charge in [0.1, 0.15) is 11.8 Å². The van der Waals surface area contributed by atoms with Gasteiger partial charge in [0, 0.05) is 19.3 Å². The van der Waals surface area contributed by atoms with Gasteiger partial charge < -0.3 is 15.5 Å². The Morgan fingerprint density at radius 1 is 1.30 bits per heavy atom. The lowest BCUT2D eigenvalue weighted by Gasteiger charge is -2.14. The SMILES string of the molecule is C#CCCCC(=O)N[C@@H](Cc1ccc(O)cc1)C(=O)O. The van der Waals surface area contributed by atoms with Gasteiger partial charge in [0.05, 0.1) is 0 Å². The lowest BCUT2D eigenvalue weighted by Crippen LogP contribution is -2.42. The van der Waals surface area contributed by atoms with E-state index in [1.807, 2.05) is 0 Å². The van der Waals surface area contributed by atoms with Gasteiger partial charge >= 0.3 is 5.97 Å². The molecule has 0 saturated carbocycles. The minimum atomic E-state index is -1.09. The number of terminal acetylenes is 1. The van der Waals surface area contributed by atoms with Gasteiger partial charge in [0.2, 0.25) is 5.91 Å². The van der Waals surface area contributed by atoms with Crippen molar-refractivity contribution >= 4 is 11.9 Å².